The summed E-state index contributed by atoms with van der Waals surface area (Å²) in [6.07, 6.45) is 3.96. The third kappa shape index (κ3) is 5.53. The van der Waals surface area contributed by atoms with Crippen molar-refractivity contribution < 1.29 is 18.8 Å². The summed E-state index contributed by atoms with van der Waals surface area (Å²) < 4.78 is 15.8. The van der Waals surface area contributed by atoms with Crippen molar-refractivity contribution in [2.45, 2.75) is 12.8 Å². The van der Waals surface area contributed by atoms with Gasteiger partial charge in [-0.2, -0.15) is 4.98 Å². The van der Waals surface area contributed by atoms with E-state index in [0.717, 1.165) is 17.1 Å². The van der Waals surface area contributed by atoms with Crippen LogP contribution in [0.3, 0.4) is 0 Å². The summed E-state index contributed by atoms with van der Waals surface area (Å²) in [6, 6.07) is 10.9. The summed E-state index contributed by atoms with van der Waals surface area (Å²) >= 11 is 0. The number of carbonyl (C=O) groups is 1. The number of pyridine rings is 1. The molecule has 1 amide bonds. The lowest BCUT2D eigenvalue weighted by Crippen LogP contribution is -2.28. The fraction of sp³-hybridized carbons (Fsp3) is 0.263. The molecule has 1 aromatic carbocycles. The maximum atomic E-state index is 11.9. The van der Waals surface area contributed by atoms with Gasteiger partial charge in [0.05, 0.1) is 13.7 Å². The summed E-state index contributed by atoms with van der Waals surface area (Å²) in [5, 5.41) is 6.71. The minimum absolute atomic E-state index is 0.100. The second kappa shape index (κ2) is 9.33. The maximum Gasteiger partial charge on any atom is 0.227 e. The number of aromatic nitrogens is 3. The summed E-state index contributed by atoms with van der Waals surface area (Å²) in [7, 11) is 1.61. The fourth-order valence-corrected chi connectivity index (χ4v) is 2.31. The zero-order valence-electron chi connectivity index (χ0n) is 14.9. The van der Waals surface area contributed by atoms with Crippen molar-refractivity contribution in [1.29, 1.82) is 0 Å². The SMILES string of the molecule is COc1ccc(OCCNC(=O)CCc2nc(-c3ccncc3)no2)cc1. The Morgan fingerprint density at radius 1 is 1.11 bits per heavy atom. The Morgan fingerprint density at radius 2 is 1.85 bits per heavy atom. The molecule has 0 atom stereocenters. The van der Waals surface area contributed by atoms with Crippen LogP contribution in [0, 0.1) is 0 Å². The molecule has 0 bridgehead atoms. The van der Waals surface area contributed by atoms with Gasteiger partial charge in [-0.25, -0.2) is 0 Å². The first-order valence-electron chi connectivity index (χ1n) is 8.51. The molecule has 8 nitrogen and oxygen atoms in total. The zero-order chi connectivity index (χ0) is 18.9. The number of ether oxygens (including phenoxy) is 2. The van der Waals surface area contributed by atoms with Crippen LogP contribution in [0.2, 0.25) is 0 Å². The van der Waals surface area contributed by atoms with E-state index in [1.165, 1.54) is 0 Å². The number of nitrogens with zero attached hydrogens (tertiary/aromatic N) is 3. The standard InChI is InChI=1S/C19H20N4O4/c1-25-15-2-4-16(5-3-15)26-13-12-21-17(24)6-7-18-22-19(23-27-18)14-8-10-20-11-9-14/h2-5,8-11H,6-7,12-13H2,1H3,(H,21,24). The Kier molecular flexibility index (Phi) is 6.35. The second-order valence-electron chi connectivity index (χ2n) is 5.62. The third-order valence-corrected chi connectivity index (χ3v) is 3.72. The van der Waals surface area contributed by atoms with E-state index in [-0.39, 0.29) is 12.3 Å². The van der Waals surface area contributed by atoms with E-state index >= 15 is 0 Å². The molecule has 0 spiro atoms. The van der Waals surface area contributed by atoms with Crippen molar-refractivity contribution in [2.75, 3.05) is 20.3 Å². The van der Waals surface area contributed by atoms with Gasteiger partial charge >= 0.3 is 0 Å². The van der Waals surface area contributed by atoms with Crippen molar-refractivity contribution in [2.24, 2.45) is 0 Å². The van der Waals surface area contributed by atoms with E-state index in [0.29, 0.717) is 31.3 Å². The molecule has 2 heterocycles. The molecule has 0 aliphatic carbocycles. The van der Waals surface area contributed by atoms with Crippen LogP contribution in [0.1, 0.15) is 12.3 Å². The average Bonchev–Trinajstić information content (AvgIpc) is 3.20. The molecule has 2 aromatic heterocycles. The molecule has 8 heteroatoms. The van der Waals surface area contributed by atoms with Gasteiger partial charge in [0.1, 0.15) is 18.1 Å². The highest BCUT2D eigenvalue weighted by molar-refractivity contribution is 5.76. The van der Waals surface area contributed by atoms with Gasteiger partial charge in [-0.1, -0.05) is 5.16 Å². The summed E-state index contributed by atoms with van der Waals surface area (Å²) in [4.78, 5) is 20.1. The van der Waals surface area contributed by atoms with E-state index < -0.39 is 0 Å². The van der Waals surface area contributed by atoms with Crippen LogP contribution in [-0.4, -0.2) is 41.3 Å². The number of nitrogens with one attached hydrogen (secondary N) is 1. The van der Waals surface area contributed by atoms with Gasteiger partial charge in [-0.05, 0) is 36.4 Å². The van der Waals surface area contributed by atoms with E-state index in [2.05, 4.69) is 20.4 Å². The molecular formula is C19H20N4O4. The first kappa shape index (κ1) is 18.4. The number of methoxy groups -OCH3 is 1. The maximum absolute atomic E-state index is 11.9. The minimum Gasteiger partial charge on any atom is -0.497 e. The largest absolute Gasteiger partial charge is 0.497 e. The number of rotatable bonds is 9. The predicted octanol–water partition coefficient (Wildman–Crippen LogP) is 2.27. The predicted molar refractivity (Wildman–Crippen MR) is 97.3 cm³/mol. The smallest absolute Gasteiger partial charge is 0.227 e. The molecule has 0 fully saturated rings. The number of carbonyl (C=O) groups excluding carboxylic acids is 1. The molecular weight excluding hydrogens is 348 g/mol. The Balaban J connectivity index is 1.35. The van der Waals surface area contributed by atoms with Gasteiger partial charge < -0.3 is 19.3 Å². The third-order valence-electron chi connectivity index (χ3n) is 3.72. The summed E-state index contributed by atoms with van der Waals surface area (Å²) in [6.45, 7) is 0.793. The number of amides is 1. The van der Waals surface area contributed by atoms with Crippen molar-refractivity contribution in [3.63, 3.8) is 0 Å². The van der Waals surface area contributed by atoms with Gasteiger partial charge in [-0.15, -0.1) is 0 Å². The Hall–Kier alpha value is -3.42. The van der Waals surface area contributed by atoms with Gasteiger partial charge in [0.15, 0.2) is 0 Å². The Bertz CT molecular complexity index is 850. The molecule has 0 saturated carbocycles. The van der Waals surface area contributed by atoms with Gasteiger partial charge in [0.25, 0.3) is 0 Å². The lowest BCUT2D eigenvalue weighted by atomic mass is 10.2. The first-order chi connectivity index (χ1) is 13.2. The number of hydrogen-bond acceptors (Lipinski definition) is 7. The van der Waals surface area contributed by atoms with E-state index in [1.807, 2.05) is 24.3 Å². The van der Waals surface area contributed by atoms with Crippen LogP contribution in [0.15, 0.2) is 53.3 Å². The minimum atomic E-state index is -0.100. The highest BCUT2D eigenvalue weighted by Gasteiger charge is 2.10. The van der Waals surface area contributed by atoms with E-state index in [9.17, 15) is 4.79 Å². The Labute approximate surface area is 156 Å². The number of hydrogen-bond donors (Lipinski definition) is 1. The summed E-state index contributed by atoms with van der Waals surface area (Å²) in [5.41, 5.74) is 0.820. The molecule has 0 unspecified atom stereocenters. The van der Waals surface area contributed by atoms with E-state index in [1.54, 1.807) is 31.6 Å². The monoisotopic (exact) mass is 368 g/mol. The lowest BCUT2D eigenvalue weighted by Gasteiger charge is -2.08. The lowest BCUT2D eigenvalue weighted by molar-refractivity contribution is -0.121. The molecule has 0 aliphatic rings. The average molecular weight is 368 g/mol. The number of aryl methyl sites for hydroxylation is 1. The van der Waals surface area contributed by atoms with Crippen molar-refractivity contribution in [1.82, 2.24) is 20.4 Å². The van der Waals surface area contributed by atoms with Crippen LogP contribution in [0.5, 0.6) is 11.5 Å². The molecule has 1 N–H and O–H groups in total. The molecule has 3 rings (SSSR count). The molecule has 0 aliphatic heterocycles. The second-order valence-corrected chi connectivity index (χ2v) is 5.62. The topological polar surface area (TPSA) is 99.4 Å². The van der Waals surface area contributed by atoms with Crippen molar-refractivity contribution in [3.8, 4) is 22.9 Å². The van der Waals surface area contributed by atoms with Crippen LogP contribution in [0.25, 0.3) is 11.4 Å². The highest BCUT2D eigenvalue weighted by atomic mass is 16.5. The van der Waals surface area contributed by atoms with E-state index in [4.69, 9.17) is 14.0 Å². The quantitative estimate of drug-likeness (QED) is 0.578. The zero-order valence-corrected chi connectivity index (χ0v) is 14.9. The normalized spacial score (nSPS) is 10.4. The summed E-state index contributed by atoms with van der Waals surface area (Å²) in [5.74, 6) is 2.30. The van der Waals surface area contributed by atoms with Crippen molar-refractivity contribution in [3.05, 3.63) is 54.7 Å². The molecule has 0 radical (unpaired) electrons. The molecule has 27 heavy (non-hydrogen) atoms. The first-order valence-corrected chi connectivity index (χ1v) is 8.51. The molecule has 3 aromatic rings. The van der Waals surface area contributed by atoms with Gasteiger partial charge in [0.2, 0.25) is 17.6 Å². The van der Waals surface area contributed by atoms with Crippen molar-refractivity contribution >= 4 is 5.91 Å². The Morgan fingerprint density at radius 3 is 2.59 bits per heavy atom. The molecule has 140 valence electrons. The van der Waals surface area contributed by atoms with Crippen LogP contribution < -0.4 is 14.8 Å². The highest BCUT2D eigenvalue weighted by Crippen LogP contribution is 2.17. The van der Waals surface area contributed by atoms with Crippen LogP contribution in [-0.2, 0) is 11.2 Å². The van der Waals surface area contributed by atoms with Gasteiger partial charge in [-0.3, -0.25) is 9.78 Å². The fourth-order valence-electron chi connectivity index (χ4n) is 2.31. The number of benzene rings is 1. The van der Waals surface area contributed by atoms with Crippen LogP contribution in [0.4, 0.5) is 0 Å². The molecule has 0 saturated heterocycles. The van der Waals surface area contributed by atoms with Crippen LogP contribution >= 0.6 is 0 Å². The van der Waals surface area contributed by atoms with Gasteiger partial charge in [0, 0.05) is 30.8 Å².